The minimum absolute atomic E-state index is 0.0113. The zero-order valence-electron chi connectivity index (χ0n) is 17.9. The van der Waals surface area contributed by atoms with Crippen molar-refractivity contribution in [1.82, 2.24) is 4.31 Å². The Labute approximate surface area is 197 Å². The lowest BCUT2D eigenvalue weighted by atomic mass is 10.2. The molecule has 1 aliphatic rings. The van der Waals surface area contributed by atoms with Gasteiger partial charge in [-0.05, 0) is 62.7 Å². The SMILES string of the molecule is CCOc1ccc(N2C(=O)CC(N(C(C)CC)S(=O)(=O)c3cc(Cl)ccc3Cl)C2=O)cc1. The molecular formula is C22H24Cl2N2O5S. The van der Waals surface area contributed by atoms with Gasteiger partial charge in [-0.1, -0.05) is 30.1 Å². The van der Waals surface area contributed by atoms with Gasteiger partial charge in [0.05, 0.1) is 23.7 Å². The number of hydrogen-bond acceptors (Lipinski definition) is 5. The van der Waals surface area contributed by atoms with Crippen molar-refractivity contribution in [2.75, 3.05) is 11.5 Å². The summed E-state index contributed by atoms with van der Waals surface area (Å²) < 4.78 is 33.7. The average Bonchev–Trinajstić information content (AvgIpc) is 3.04. The molecule has 0 aliphatic carbocycles. The van der Waals surface area contributed by atoms with E-state index in [1.54, 1.807) is 38.1 Å². The van der Waals surface area contributed by atoms with Crippen LogP contribution >= 0.6 is 23.2 Å². The maximum atomic E-state index is 13.6. The molecule has 0 bridgehead atoms. The fourth-order valence-electron chi connectivity index (χ4n) is 3.62. The molecule has 2 atom stereocenters. The molecule has 7 nitrogen and oxygen atoms in total. The van der Waals surface area contributed by atoms with E-state index in [0.717, 1.165) is 9.21 Å². The van der Waals surface area contributed by atoms with Crippen LogP contribution in [-0.2, 0) is 19.6 Å². The van der Waals surface area contributed by atoms with E-state index in [4.69, 9.17) is 27.9 Å². The highest BCUT2D eigenvalue weighted by Gasteiger charge is 2.48. The molecule has 2 aromatic carbocycles. The summed E-state index contributed by atoms with van der Waals surface area (Å²) in [7, 11) is -4.23. The Morgan fingerprint density at radius 1 is 1.12 bits per heavy atom. The van der Waals surface area contributed by atoms with E-state index < -0.39 is 33.9 Å². The quantitative estimate of drug-likeness (QED) is 0.499. The molecule has 0 spiro atoms. The lowest BCUT2D eigenvalue weighted by Crippen LogP contribution is -2.49. The summed E-state index contributed by atoms with van der Waals surface area (Å²) in [6, 6.07) is 8.87. The molecule has 0 saturated carbocycles. The number of sulfonamides is 1. The van der Waals surface area contributed by atoms with Gasteiger partial charge in [0.1, 0.15) is 16.7 Å². The van der Waals surface area contributed by atoms with Gasteiger partial charge in [0.2, 0.25) is 15.9 Å². The number of anilines is 1. The highest BCUT2D eigenvalue weighted by Crippen LogP contribution is 2.35. The predicted octanol–water partition coefficient (Wildman–Crippen LogP) is 4.51. The second-order valence-electron chi connectivity index (χ2n) is 7.38. The lowest BCUT2D eigenvalue weighted by Gasteiger charge is -2.32. The average molecular weight is 499 g/mol. The van der Waals surface area contributed by atoms with Gasteiger partial charge >= 0.3 is 0 Å². The van der Waals surface area contributed by atoms with Crippen LogP contribution in [0.25, 0.3) is 0 Å². The van der Waals surface area contributed by atoms with E-state index in [2.05, 4.69) is 0 Å². The molecule has 0 N–H and O–H groups in total. The van der Waals surface area contributed by atoms with E-state index in [1.807, 2.05) is 6.92 Å². The third-order valence-electron chi connectivity index (χ3n) is 5.31. The monoisotopic (exact) mass is 498 g/mol. The molecule has 172 valence electrons. The van der Waals surface area contributed by atoms with Gasteiger partial charge in [-0.25, -0.2) is 13.3 Å². The van der Waals surface area contributed by atoms with E-state index in [-0.39, 0.29) is 21.4 Å². The van der Waals surface area contributed by atoms with Crippen LogP contribution in [0.15, 0.2) is 47.4 Å². The Bertz CT molecular complexity index is 1120. The summed E-state index contributed by atoms with van der Waals surface area (Å²) in [5.41, 5.74) is 0.355. The third-order valence-corrected chi connectivity index (χ3v) is 8.05. The molecule has 10 heteroatoms. The number of carbonyl (C=O) groups is 2. The molecule has 1 aliphatic heterocycles. The summed E-state index contributed by atoms with van der Waals surface area (Å²) >= 11 is 12.2. The Balaban J connectivity index is 2.01. The maximum Gasteiger partial charge on any atom is 0.252 e. The van der Waals surface area contributed by atoms with Crippen molar-refractivity contribution in [3.05, 3.63) is 52.5 Å². The number of ether oxygens (including phenoxy) is 1. The van der Waals surface area contributed by atoms with E-state index in [9.17, 15) is 18.0 Å². The van der Waals surface area contributed by atoms with Crippen molar-refractivity contribution >= 4 is 50.7 Å². The predicted molar refractivity (Wildman–Crippen MR) is 124 cm³/mol. The van der Waals surface area contributed by atoms with Crippen molar-refractivity contribution in [2.45, 2.75) is 50.6 Å². The Morgan fingerprint density at radius 3 is 2.38 bits per heavy atom. The van der Waals surface area contributed by atoms with Crippen molar-refractivity contribution in [1.29, 1.82) is 0 Å². The fourth-order valence-corrected chi connectivity index (χ4v) is 6.21. The fraction of sp³-hybridized carbons (Fsp3) is 0.364. The van der Waals surface area contributed by atoms with Crippen LogP contribution in [0.5, 0.6) is 5.75 Å². The maximum absolute atomic E-state index is 13.6. The van der Waals surface area contributed by atoms with Gasteiger partial charge in [-0.2, -0.15) is 4.31 Å². The minimum atomic E-state index is -4.23. The summed E-state index contributed by atoms with van der Waals surface area (Å²) in [6.45, 7) is 5.82. The van der Waals surface area contributed by atoms with Gasteiger partial charge in [-0.3, -0.25) is 9.59 Å². The zero-order valence-corrected chi connectivity index (χ0v) is 20.2. The largest absolute Gasteiger partial charge is 0.494 e. The summed E-state index contributed by atoms with van der Waals surface area (Å²) in [4.78, 5) is 27.0. The molecule has 1 heterocycles. The molecule has 2 unspecified atom stereocenters. The second kappa shape index (κ2) is 9.79. The van der Waals surface area contributed by atoms with E-state index in [1.165, 1.54) is 18.2 Å². The highest BCUT2D eigenvalue weighted by atomic mass is 35.5. The number of carbonyl (C=O) groups excluding carboxylic acids is 2. The minimum Gasteiger partial charge on any atom is -0.494 e. The number of amides is 2. The summed E-state index contributed by atoms with van der Waals surface area (Å²) in [5.74, 6) is -0.489. The second-order valence-corrected chi connectivity index (χ2v) is 10.0. The van der Waals surface area contributed by atoms with Gasteiger partial charge in [0.25, 0.3) is 5.91 Å². The number of halogens is 2. The first-order chi connectivity index (χ1) is 15.1. The molecule has 2 aromatic rings. The normalized spacial score (nSPS) is 17.8. The van der Waals surface area contributed by atoms with Crippen molar-refractivity contribution in [2.24, 2.45) is 0 Å². The molecule has 0 aromatic heterocycles. The smallest absolute Gasteiger partial charge is 0.252 e. The van der Waals surface area contributed by atoms with Crippen LogP contribution in [0.4, 0.5) is 5.69 Å². The van der Waals surface area contributed by atoms with Gasteiger partial charge in [0.15, 0.2) is 0 Å². The van der Waals surface area contributed by atoms with Crippen molar-refractivity contribution in [3.63, 3.8) is 0 Å². The molecular weight excluding hydrogens is 475 g/mol. The molecule has 3 rings (SSSR count). The van der Waals surface area contributed by atoms with E-state index >= 15 is 0 Å². The first-order valence-corrected chi connectivity index (χ1v) is 12.4. The lowest BCUT2D eigenvalue weighted by molar-refractivity contribution is -0.122. The number of rotatable bonds is 8. The molecule has 2 amide bonds. The van der Waals surface area contributed by atoms with Crippen LogP contribution < -0.4 is 9.64 Å². The van der Waals surface area contributed by atoms with Crippen molar-refractivity contribution < 1.29 is 22.7 Å². The molecule has 32 heavy (non-hydrogen) atoms. The van der Waals surface area contributed by atoms with Crippen LogP contribution in [-0.4, -0.2) is 43.2 Å². The molecule has 1 saturated heterocycles. The standard InChI is InChI=1S/C22H24Cl2N2O5S/c1-4-14(3)26(32(29,30)20-12-15(23)6-11-18(20)24)19-13-21(27)25(22(19)28)16-7-9-17(10-8-16)31-5-2/h6-12,14,19H,4-5,13H2,1-3H3. The van der Waals surface area contributed by atoms with Gasteiger partial charge in [0, 0.05) is 11.1 Å². The summed E-state index contributed by atoms with van der Waals surface area (Å²) in [6.07, 6.45) is 0.159. The Morgan fingerprint density at radius 2 is 1.78 bits per heavy atom. The summed E-state index contributed by atoms with van der Waals surface area (Å²) in [5, 5.41) is 0.185. The van der Waals surface area contributed by atoms with Gasteiger partial charge in [-0.15, -0.1) is 0 Å². The van der Waals surface area contributed by atoms with Gasteiger partial charge < -0.3 is 4.74 Å². The number of hydrogen-bond donors (Lipinski definition) is 0. The topological polar surface area (TPSA) is 84.0 Å². The Kier molecular flexibility index (Phi) is 7.50. The van der Waals surface area contributed by atoms with Crippen molar-refractivity contribution in [3.8, 4) is 5.75 Å². The van der Waals surface area contributed by atoms with Crippen LogP contribution in [0.2, 0.25) is 10.0 Å². The zero-order chi connectivity index (χ0) is 23.6. The first kappa shape index (κ1) is 24.5. The third kappa shape index (κ3) is 4.64. The first-order valence-electron chi connectivity index (χ1n) is 10.2. The number of nitrogens with zero attached hydrogens (tertiary/aromatic N) is 2. The molecule has 0 radical (unpaired) electrons. The van der Waals surface area contributed by atoms with Crippen LogP contribution in [0.1, 0.15) is 33.6 Å². The number of imide groups is 1. The van der Waals surface area contributed by atoms with E-state index in [0.29, 0.717) is 24.5 Å². The molecule has 1 fully saturated rings. The Hall–Kier alpha value is -2.13. The highest BCUT2D eigenvalue weighted by molar-refractivity contribution is 7.89. The van der Waals surface area contributed by atoms with Crippen LogP contribution in [0, 0.1) is 0 Å². The number of benzene rings is 2. The van der Waals surface area contributed by atoms with Crippen LogP contribution in [0.3, 0.4) is 0 Å².